The minimum Gasteiger partial charge on any atom is -0.495 e. The van der Waals surface area contributed by atoms with Crippen molar-refractivity contribution in [2.45, 2.75) is 17.7 Å². The Hall–Kier alpha value is -1.12. The largest absolute Gasteiger partial charge is 0.495 e. The van der Waals surface area contributed by atoms with Crippen molar-refractivity contribution in [2.75, 3.05) is 20.7 Å². The van der Waals surface area contributed by atoms with E-state index >= 15 is 0 Å². The lowest BCUT2D eigenvalue weighted by Gasteiger charge is -2.18. The number of nitrogens with zero attached hydrogens (tertiary/aromatic N) is 1. The summed E-state index contributed by atoms with van der Waals surface area (Å²) in [6, 6.07) is 4.70. The molecular weight excluding hydrogens is 350 g/mol. The summed E-state index contributed by atoms with van der Waals surface area (Å²) in [6.07, 6.45) is 0.177. The molecule has 0 atom stereocenters. The van der Waals surface area contributed by atoms with Gasteiger partial charge in [-0.15, -0.1) is 0 Å². The molecule has 1 rings (SSSR count). The van der Waals surface area contributed by atoms with E-state index < -0.39 is 16.0 Å². The van der Waals surface area contributed by atoms with Crippen LogP contribution < -0.4 is 4.74 Å². The van der Waals surface area contributed by atoms with Gasteiger partial charge in [-0.2, -0.15) is 0 Å². The Morgan fingerprint density at radius 1 is 1.45 bits per heavy atom. The van der Waals surface area contributed by atoms with E-state index in [0.29, 0.717) is 4.47 Å². The minimum absolute atomic E-state index is 0.0483. The highest BCUT2D eigenvalue weighted by Gasteiger charge is 2.24. The zero-order chi connectivity index (χ0) is 15.3. The number of carbonyl (C=O) groups is 1. The molecule has 0 saturated carbocycles. The first-order valence-corrected chi connectivity index (χ1v) is 8.04. The number of benzene rings is 1. The zero-order valence-corrected chi connectivity index (χ0v) is 13.6. The smallest absolute Gasteiger partial charge is 0.303 e. The molecule has 1 N–H and O–H groups in total. The number of hydrogen-bond donors (Lipinski definition) is 1. The Balaban J connectivity index is 2.98. The van der Waals surface area contributed by atoms with E-state index in [0.717, 1.165) is 4.31 Å². The molecule has 0 bridgehead atoms. The second-order valence-corrected chi connectivity index (χ2v) is 7.05. The topological polar surface area (TPSA) is 83.9 Å². The molecule has 0 heterocycles. The van der Waals surface area contributed by atoms with Crippen molar-refractivity contribution in [3.05, 3.63) is 22.7 Å². The Kier molecular flexibility index (Phi) is 5.97. The second-order valence-electron chi connectivity index (χ2n) is 4.12. The quantitative estimate of drug-likeness (QED) is 0.797. The SMILES string of the molecule is COc1ccc(Br)cc1S(=O)(=O)N(C)CCCC(=O)O. The molecule has 0 aliphatic rings. The summed E-state index contributed by atoms with van der Waals surface area (Å²) in [6.45, 7) is 0.129. The molecule has 0 aliphatic heterocycles. The maximum absolute atomic E-state index is 12.4. The van der Waals surface area contributed by atoms with E-state index in [4.69, 9.17) is 9.84 Å². The normalized spacial score (nSPS) is 11.6. The summed E-state index contributed by atoms with van der Waals surface area (Å²) in [4.78, 5) is 10.5. The van der Waals surface area contributed by atoms with Gasteiger partial charge in [0.25, 0.3) is 0 Å². The molecule has 1 aromatic carbocycles. The van der Waals surface area contributed by atoms with Gasteiger partial charge in [0, 0.05) is 24.5 Å². The fourth-order valence-electron chi connectivity index (χ4n) is 1.59. The Labute approximate surface area is 126 Å². The first-order chi connectivity index (χ1) is 9.28. The van der Waals surface area contributed by atoms with Crippen LogP contribution in [0.15, 0.2) is 27.6 Å². The third-order valence-electron chi connectivity index (χ3n) is 2.68. The van der Waals surface area contributed by atoms with Crippen LogP contribution in [0.1, 0.15) is 12.8 Å². The van der Waals surface area contributed by atoms with Gasteiger partial charge in [0.05, 0.1) is 7.11 Å². The van der Waals surface area contributed by atoms with Crippen LogP contribution in [-0.4, -0.2) is 44.5 Å². The number of sulfonamides is 1. The number of carboxylic acid groups (broad SMARTS) is 1. The first-order valence-electron chi connectivity index (χ1n) is 5.80. The molecule has 112 valence electrons. The maximum Gasteiger partial charge on any atom is 0.303 e. The highest BCUT2D eigenvalue weighted by Crippen LogP contribution is 2.29. The third-order valence-corrected chi connectivity index (χ3v) is 5.05. The van der Waals surface area contributed by atoms with Crippen molar-refractivity contribution >= 4 is 31.9 Å². The maximum atomic E-state index is 12.4. The average Bonchev–Trinajstić information content (AvgIpc) is 2.38. The van der Waals surface area contributed by atoms with Gasteiger partial charge in [0.2, 0.25) is 10.0 Å². The van der Waals surface area contributed by atoms with Crippen LogP contribution in [0, 0.1) is 0 Å². The van der Waals surface area contributed by atoms with Crippen molar-refractivity contribution in [1.29, 1.82) is 0 Å². The van der Waals surface area contributed by atoms with Crippen LogP contribution in [-0.2, 0) is 14.8 Å². The lowest BCUT2D eigenvalue weighted by Crippen LogP contribution is -2.28. The Morgan fingerprint density at radius 3 is 2.65 bits per heavy atom. The van der Waals surface area contributed by atoms with E-state index in [2.05, 4.69) is 15.9 Å². The monoisotopic (exact) mass is 365 g/mol. The fourth-order valence-corrected chi connectivity index (χ4v) is 3.49. The van der Waals surface area contributed by atoms with E-state index in [-0.39, 0.29) is 30.0 Å². The highest BCUT2D eigenvalue weighted by molar-refractivity contribution is 9.10. The van der Waals surface area contributed by atoms with Gasteiger partial charge in [-0.25, -0.2) is 12.7 Å². The molecule has 8 heteroatoms. The zero-order valence-electron chi connectivity index (χ0n) is 11.2. The number of rotatable bonds is 7. The molecule has 20 heavy (non-hydrogen) atoms. The summed E-state index contributed by atoms with van der Waals surface area (Å²) >= 11 is 3.22. The summed E-state index contributed by atoms with van der Waals surface area (Å²) in [5.41, 5.74) is 0. The van der Waals surface area contributed by atoms with Crippen LogP contribution in [0.5, 0.6) is 5.75 Å². The predicted molar refractivity (Wildman–Crippen MR) is 77.4 cm³/mol. The number of aliphatic carboxylic acids is 1. The van der Waals surface area contributed by atoms with E-state index in [1.165, 1.54) is 20.2 Å². The molecular formula is C12H16BrNO5S. The molecule has 0 aromatic heterocycles. The van der Waals surface area contributed by atoms with Crippen molar-refractivity contribution in [1.82, 2.24) is 4.31 Å². The summed E-state index contributed by atoms with van der Waals surface area (Å²) in [5, 5.41) is 8.57. The van der Waals surface area contributed by atoms with Gasteiger partial charge >= 0.3 is 5.97 Å². The van der Waals surface area contributed by atoms with Gasteiger partial charge in [-0.05, 0) is 24.6 Å². The minimum atomic E-state index is -3.72. The van der Waals surface area contributed by atoms with Crippen LogP contribution in [0.3, 0.4) is 0 Å². The molecule has 1 aromatic rings. The summed E-state index contributed by atoms with van der Waals surface area (Å²) in [5.74, 6) is -0.700. The lowest BCUT2D eigenvalue weighted by molar-refractivity contribution is -0.137. The van der Waals surface area contributed by atoms with Crippen LogP contribution in [0.4, 0.5) is 0 Å². The number of carboxylic acids is 1. The van der Waals surface area contributed by atoms with Gasteiger partial charge in [-0.3, -0.25) is 4.79 Å². The molecule has 0 radical (unpaired) electrons. The second kappa shape index (κ2) is 7.05. The first kappa shape index (κ1) is 16.9. The predicted octanol–water partition coefficient (Wildman–Crippen LogP) is 1.94. The van der Waals surface area contributed by atoms with E-state index in [1.54, 1.807) is 12.1 Å². The lowest BCUT2D eigenvalue weighted by atomic mass is 10.3. The van der Waals surface area contributed by atoms with E-state index in [9.17, 15) is 13.2 Å². The van der Waals surface area contributed by atoms with E-state index in [1.807, 2.05) is 0 Å². The third kappa shape index (κ3) is 4.19. The van der Waals surface area contributed by atoms with Crippen molar-refractivity contribution in [3.8, 4) is 5.75 Å². The number of hydrogen-bond acceptors (Lipinski definition) is 4. The average molecular weight is 366 g/mol. The molecule has 0 aliphatic carbocycles. The van der Waals surface area contributed by atoms with Crippen LogP contribution in [0.25, 0.3) is 0 Å². The summed E-state index contributed by atoms with van der Waals surface area (Å²) < 4.78 is 31.6. The Bertz CT molecular complexity index is 588. The number of methoxy groups -OCH3 is 1. The van der Waals surface area contributed by atoms with Crippen LogP contribution in [0.2, 0.25) is 0 Å². The molecule has 0 fully saturated rings. The molecule has 0 amide bonds. The standard InChI is InChI=1S/C12H16BrNO5S/c1-14(7-3-4-12(15)16)20(17,18)11-8-9(13)5-6-10(11)19-2/h5-6,8H,3-4,7H2,1-2H3,(H,15,16). The van der Waals surface area contributed by atoms with Gasteiger partial charge in [-0.1, -0.05) is 15.9 Å². The van der Waals surface area contributed by atoms with Crippen molar-refractivity contribution in [3.63, 3.8) is 0 Å². The van der Waals surface area contributed by atoms with Crippen molar-refractivity contribution < 1.29 is 23.1 Å². The van der Waals surface area contributed by atoms with Crippen molar-refractivity contribution in [2.24, 2.45) is 0 Å². The number of halogens is 1. The molecule has 0 saturated heterocycles. The molecule has 6 nitrogen and oxygen atoms in total. The summed E-state index contributed by atoms with van der Waals surface area (Å²) in [7, 11) is -0.907. The van der Waals surface area contributed by atoms with Crippen LogP contribution >= 0.6 is 15.9 Å². The van der Waals surface area contributed by atoms with Gasteiger partial charge < -0.3 is 9.84 Å². The van der Waals surface area contributed by atoms with Gasteiger partial charge in [0.1, 0.15) is 10.6 Å². The highest BCUT2D eigenvalue weighted by atomic mass is 79.9. The number of ether oxygens (including phenoxy) is 1. The molecule has 0 unspecified atom stereocenters. The Morgan fingerprint density at radius 2 is 2.10 bits per heavy atom. The fraction of sp³-hybridized carbons (Fsp3) is 0.417. The van der Waals surface area contributed by atoms with Gasteiger partial charge in [0.15, 0.2) is 0 Å². The molecule has 0 spiro atoms.